The Hall–Kier alpha value is -1.35. The molecule has 1 aliphatic rings. The van der Waals surface area contributed by atoms with Gasteiger partial charge in [0.1, 0.15) is 0 Å². The number of hydrogen-bond acceptors (Lipinski definition) is 2. The Labute approximate surface area is 109 Å². The van der Waals surface area contributed by atoms with Crippen LogP contribution in [0, 0.1) is 5.92 Å². The number of benzene rings is 1. The molecular weight excluding hydrogens is 224 g/mol. The molecule has 2 N–H and O–H groups in total. The van der Waals surface area contributed by atoms with Crippen molar-refractivity contribution in [2.24, 2.45) is 11.7 Å². The molecule has 18 heavy (non-hydrogen) atoms. The van der Waals surface area contributed by atoms with Crippen LogP contribution in [0.5, 0.6) is 0 Å². The summed E-state index contributed by atoms with van der Waals surface area (Å²) in [5.41, 5.74) is 6.98. The van der Waals surface area contributed by atoms with Crippen molar-refractivity contribution in [1.29, 1.82) is 0 Å². The van der Waals surface area contributed by atoms with Crippen LogP contribution >= 0.6 is 0 Å². The summed E-state index contributed by atoms with van der Waals surface area (Å²) in [5.74, 6) is 0.849. The van der Waals surface area contributed by atoms with Crippen molar-refractivity contribution >= 4 is 5.91 Å². The van der Waals surface area contributed by atoms with E-state index in [0.717, 1.165) is 6.42 Å². The molecule has 1 amide bonds. The van der Waals surface area contributed by atoms with Crippen LogP contribution in [0.1, 0.15) is 24.8 Å². The average molecular weight is 246 g/mol. The molecular formula is C15H22N2O. The lowest BCUT2D eigenvalue weighted by Gasteiger charge is -2.27. The molecule has 3 nitrogen and oxygen atoms in total. The van der Waals surface area contributed by atoms with Crippen LogP contribution in [-0.4, -0.2) is 30.4 Å². The molecule has 0 bridgehead atoms. The van der Waals surface area contributed by atoms with Gasteiger partial charge in [0.2, 0.25) is 5.91 Å². The second kappa shape index (κ2) is 6.01. The summed E-state index contributed by atoms with van der Waals surface area (Å²) < 4.78 is 0. The number of likely N-dealkylation sites (N-methyl/N-ethyl adjacent to an activating group) is 1. The SMILES string of the molecule is CN(C(=O)CCc1ccccc1)C(CN)C1CC1. The number of nitrogens with zero attached hydrogens (tertiary/aromatic N) is 1. The van der Waals surface area contributed by atoms with Gasteiger partial charge in [0.25, 0.3) is 0 Å². The van der Waals surface area contributed by atoms with Gasteiger partial charge < -0.3 is 10.6 Å². The van der Waals surface area contributed by atoms with E-state index in [1.807, 2.05) is 30.1 Å². The van der Waals surface area contributed by atoms with Gasteiger partial charge in [0, 0.05) is 26.1 Å². The molecule has 0 saturated heterocycles. The monoisotopic (exact) mass is 246 g/mol. The first kappa shape index (κ1) is 13.1. The summed E-state index contributed by atoms with van der Waals surface area (Å²) in [5, 5.41) is 0. The first-order valence-corrected chi connectivity index (χ1v) is 6.72. The van der Waals surface area contributed by atoms with Crippen molar-refractivity contribution < 1.29 is 4.79 Å². The van der Waals surface area contributed by atoms with Gasteiger partial charge in [-0.25, -0.2) is 0 Å². The van der Waals surface area contributed by atoms with Crippen molar-refractivity contribution in [1.82, 2.24) is 4.90 Å². The maximum Gasteiger partial charge on any atom is 0.222 e. The first-order chi connectivity index (χ1) is 8.72. The van der Waals surface area contributed by atoms with Crippen molar-refractivity contribution in [3.8, 4) is 0 Å². The molecule has 0 aromatic heterocycles. The van der Waals surface area contributed by atoms with Crippen molar-refractivity contribution in [3.05, 3.63) is 35.9 Å². The van der Waals surface area contributed by atoms with Crippen LogP contribution in [0.4, 0.5) is 0 Å². The number of carbonyl (C=O) groups excluding carboxylic acids is 1. The summed E-state index contributed by atoms with van der Waals surface area (Å²) in [4.78, 5) is 14.0. The third-order valence-corrected chi connectivity index (χ3v) is 3.77. The Kier molecular flexibility index (Phi) is 4.37. The van der Waals surface area contributed by atoms with Crippen molar-refractivity contribution in [3.63, 3.8) is 0 Å². The lowest BCUT2D eigenvalue weighted by Crippen LogP contribution is -2.43. The van der Waals surface area contributed by atoms with E-state index < -0.39 is 0 Å². The second-order valence-corrected chi connectivity index (χ2v) is 5.13. The van der Waals surface area contributed by atoms with E-state index in [1.54, 1.807) is 0 Å². The zero-order valence-electron chi connectivity index (χ0n) is 11.0. The maximum absolute atomic E-state index is 12.1. The zero-order chi connectivity index (χ0) is 13.0. The first-order valence-electron chi connectivity index (χ1n) is 6.72. The number of nitrogens with two attached hydrogens (primary N) is 1. The van der Waals surface area contributed by atoms with Gasteiger partial charge in [-0.1, -0.05) is 30.3 Å². The third kappa shape index (κ3) is 3.33. The molecule has 0 aliphatic heterocycles. The lowest BCUT2D eigenvalue weighted by molar-refractivity contribution is -0.132. The minimum atomic E-state index is 0.209. The van der Waals surface area contributed by atoms with Crippen molar-refractivity contribution in [2.45, 2.75) is 31.7 Å². The molecule has 0 radical (unpaired) electrons. The van der Waals surface area contributed by atoms with Gasteiger partial charge in [-0.3, -0.25) is 4.79 Å². The Bertz CT molecular complexity index is 387. The minimum absolute atomic E-state index is 0.209. The molecule has 1 atom stereocenters. The molecule has 3 heteroatoms. The summed E-state index contributed by atoms with van der Waals surface area (Å²) in [7, 11) is 1.89. The van der Waals surface area contributed by atoms with Crippen LogP contribution in [0.2, 0.25) is 0 Å². The minimum Gasteiger partial charge on any atom is -0.341 e. The zero-order valence-corrected chi connectivity index (χ0v) is 11.0. The standard InChI is InChI=1S/C15H22N2O/c1-17(14(11-16)13-8-9-13)15(18)10-7-12-5-3-2-4-6-12/h2-6,13-14H,7-11,16H2,1H3. The molecule has 0 heterocycles. The molecule has 1 unspecified atom stereocenters. The Balaban J connectivity index is 1.83. The predicted molar refractivity (Wildman–Crippen MR) is 73.1 cm³/mol. The lowest BCUT2D eigenvalue weighted by atomic mass is 10.1. The molecule has 1 aromatic carbocycles. The Morgan fingerprint density at radius 1 is 1.39 bits per heavy atom. The molecule has 2 rings (SSSR count). The number of amides is 1. The van der Waals surface area contributed by atoms with Crippen LogP contribution in [0.3, 0.4) is 0 Å². The molecule has 1 fully saturated rings. The van der Waals surface area contributed by atoms with Crippen LogP contribution < -0.4 is 5.73 Å². The molecule has 0 spiro atoms. The molecule has 1 saturated carbocycles. The summed E-state index contributed by atoms with van der Waals surface area (Å²) >= 11 is 0. The fraction of sp³-hybridized carbons (Fsp3) is 0.533. The average Bonchev–Trinajstić information content (AvgIpc) is 3.22. The van der Waals surface area contributed by atoms with Gasteiger partial charge in [0.15, 0.2) is 0 Å². The van der Waals surface area contributed by atoms with E-state index in [0.29, 0.717) is 18.9 Å². The van der Waals surface area contributed by atoms with Crippen LogP contribution in [-0.2, 0) is 11.2 Å². The second-order valence-electron chi connectivity index (χ2n) is 5.13. The fourth-order valence-corrected chi connectivity index (χ4v) is 2.41. The van der Waals surface area contributed by atoms with E-state index in [4.69, 9.17) is 5.73 Å². The summed E-state index contributed by atoms with van der Waals surface area (Å²) in [6, 6.07) is 10.4. The van der Waals surface area contributed by atoms with Gasteiger partial charge >= 0.3 is 0 Å². The number of rotatable bonds is 6. The summed E-state index contributed by atoms with van der Waals surface area (Å²) in [6.45, 7) is 0.582. The van der Waals surface area contributed by atoms with E-state index in [-0.39, 0.29) is 11.9 Å². The fourth-order valence-electron chi connectivity index (χ4n) is 2.41. The number of aryl methyl sites for hydroxylation is 1. The third-order valence-electron chi connectivity index (χ3n) is 3.77. The normalized spacial score (nSPS) is 16.3. The van der Waals surface area contributed by atoms with Gasteiger partial charge in [-0.2, -0.15) is 0 Å². The van der Waals surface area contributed by atoms with Crippen LogP contribution in [0.15, 0.2) is 30.3 Å². The number of hydrogen-bond donors (Lipinski definition) is 1. The highest BCUT2D eigenvalue weighted by Gasteiger charge is 2.34. The Morgan fingerprint density at radius 3 is 2.61 bits per heavy atom. The topological polar surface area (TPSA) is 46.3 Å². The molecule has 98 valence electrons. The highest BCUT2D eigenvalue weighted by atomic mass is 16.2. The van der Waals surface area contributed by atoms with E-state index in [1.165, 1.54) is 18.4 Å². The van der Waals surface area contributed by atoms with E-state index in [2.05, 4.69) is 12.1 Å². The Morgan fingerprint density at radius 2 is 2.06 bits per heavy atom. The highest BCUT2D eigenvalue weighted by molar-refractivity contribution is 5.76. The maximum atomic E-state index is 12.1. The predicted octanol–water partition coefficient (Wildman–Crippen LogP) is 1.81. The van der Waals surface area contributed by atoms with Crippen molar-refractivity contribution in [2.75, 3.05) is 13.6 Å². The van der Waals surface area contributed by atoms with Crippen LogP contribution in [0.25, 0.3) is 0 Å². The number of carbonyl (C=O) groups is 1. The smallest absolute Gasteiger partial charge is 0.222 e. The van der Waals surface area contributed by atoms with E-state index in [9.17, 15) is 4.79 Å². The van der Waals surface area contributed by atoms with Gasteiger partial charge in [-0.05, 0) is 30.7 Å². The highest BCUT2D eigenvalue weighted by Crippen LogP contribution is 2.34. The summed E-state index contributed by atoms with van der Waals surface area (Å²) in [6.07, 6.45) is 3.83. The van der Waals surface area contributed by atoms with E-state index >= 15 is 0 Å². The largest absolute Gasteiger partial charge is 0.341 e. The van der Waals surface area contributed by atoms with Gasteiger partial charge in [0.05, 0.1) is 0 Å². The molecule has 1 aliphatic carbocycles. The van der Waals surface area contributed by atoms with Gasteiger partial charge in [-0.15, -0.1) is 0 Å². The quantitative estimate of drug-likeness (QED) is 0.832. The molecule has 1 aromatic rings.